The molecule has 35 heavy (non-hydrogen) atoms. The molecule has 0 unspecified atom stereocenters. The summed E-state index contributed by atoms with van der Waals surface area (Å²) in [6.07, 6.45) is 3.36. The van der Waals surface area contributed by atoms with Crippen LogP contribution in [0.1, 0.15) is 41.4 Å². The second kappa shape index (κ2) is 8.49. The Morgan fingerprint density at radius 3 is 2.63 bits per heavy atom. The van der Waals surface area contributed by atoms with Gasteiger partial charge in [0, 0.05) is 17.3 Å². The number of halogens is 1. The van der Waals surface area contributed by atoms with Gasteiger partial charge in [0.25, 0.3) is 0 Å². The van der Waals surface area contributed by atoms with E-state index in [-0.39, 0.29) is 29.0 Å². The minimum atomic E-state index is -2.98. The van der Waals surface area contributed by atoms with Crippen LogP contribution in [0.3, 0.4) is 0 Å². The molecular formula is C25H25ClN4O4S. The van der Waals surface area contributed by atoms with Crippen LogP contribution in [0.4, 0.5) is 5.69 Å². The summed E-state index contributed by atoms with van der Waals surface area (Å²) in [7, 11) is -2.98. The van der Waals surface area contributed by atoms with E-state index < -0.39 is 9.84 Å². The minimum Gasteiger partial charge on any atom is -0.455 e. The van der Waals surface area contributed by atoms with Gasteiger partial charge in [-0.2, -0.15) is 5.10 Å². The molecule has 1 aliphatic heterocycles. The molecule has 4 aromatic rings. The van der Waals surface area contributed by atoms with E-state index in [4.69, 9.17) is 16.0 Å². The first-order chi connectivity index (χ1) is 16.5. The topological polar surface area (TPSA) is 107 Å². The highest BCUT2D eigenvalue weighted by molar-refractivity contribution is 7.92. The number of hydrogen-bond acceptors (Lipinski definition) is 7. The number of rotatable bonds is 5. The van der Waals surface area contributed by atoms with E-state index >= 15 is 0 Å². The standard InChI is InChI=1S/C25H25ClN4O4S/c1-13-7-19(15(3)28-21-5-6-22(26)29-16(21)4)25-20(8-13)23(31)14(2)24(34-25)17-9-27-30(10-17)18-11-35(32,33)12-18/h5-10,15,18,28H,11-12H2,1-4H3/t15-/m1/s1. The van der Waals surface area contributed by atoms with Crippen LogP contribution in [0, 0.1) is 20.8 Å². The normalized spacial score (nSPS) is 16.3. The molecule has 0 bridgehead atoms. The van der Waals surface area contributed by atoms with Crippen molar-refractivity contribution in [2.75, 3.05) is 16.8 Å². The predicted molar refractivity (Wildman–Crippen MR) is 137 cm³/mol. The third-order valence-electron chi connectivity index (χ3n) is 6.41. The molecule has 1 saturated heterocycles. The van der Waals surface area contributed by atoms with Gasteiger partial charge in [0.05, 0.1) is 52.1 Å². The fourth-order valence-corrected chi connectivity index (χ4v) is 6.07. The number of aromatic nitrogens is 3. The highest BCUT2D eigenvalue weighted by Crippen LogP contribution is 2.33. The Kier molecular flexibility index (Phi) is 5.72. The van der Waals surface area contributed by atoms with Crippen molar-refractivity contribution in [3.8, 4) is 11.3 Å². The first-order valence-electron chi connectivity index (χ1n) is 11.2. The summed E-state index contributed by atoms with van der Waals surface area (Å²) >= 11 is 6.00. The van der Waals surface area contributed by atoms with E-state index in [0.717, 1.165) is 22.5 Å². The highest BCUT2D eigenvalue weighted by Gasteiger charge is 2.35. The van der Waals surface area contributed by atoms with Crippen molar-refractivity contribution in [2.45, 2.75) is 39.8 Å². The number of pyridine rings is 1. The monoisotopic (exact) mass is 512 g/mol. The number of anilines is 1. The fourth-order valence-electron chi connectivity index (χ4n) is 4.50. The number of sulfone groups is 1. The lowest BCUT2D eigenvalue weighted by molar-refractivity contribution is 0.473. The molecule has 0 amide bonds. The maximum Gasteiger partial charge on any atom is 0.196 e. The molecule has 0 radical (unpaired) electrons. The molecule has 10 heteroatoms. The molecule has 0 aliphatic carbocycles. The molecule has 1 aromatic carbocycles. The first-order valence-corrected chi connectivity index (χ1v) is 13.4. The number of benzene rings is 1. The van der Waals surface area contributed by atoms with Crippen molar-refractivity contribution in [3.05, 3.63) is 74.4 Å². The Morgan fingerprint density at radius 1 is 1.20 bits per heavy atom. The lowest BCUT2D eigenvalue weighted by Crippen LogP contribution is -2.38. The van der Waals surface area contributed by atoms with Gasteiger partial charge in [-0.3, -0.25) is 9.48 Å². The number of hydrogen-bond donors (Lipinski definition) is 1. The summed E-state index contributed by atoms with van der Waals surface area (Å²) in [6.45, 7) is 7.56. The van der Waals surface area contributed by atoms with Crippen LogP contribution in [0.25, 0.3) is 22.3 Å². The number of aryl methyl sites for hydroxylation is 2. The van der Waals surface area contributed by atoms with Crippen LogP contribution in [0.15, 0.2) is 45.9 Å². The van der Waals surface area contributed by atoms with Crippen LogP contribution in [-0.2, 0) is 9.84 Å². The smallest absolute Gasteiger partial charge is 0.196 e. The van der Waals surface area contributed by atoms with Crippen molar-refractivity contribution in [2.24, 2.45) is 0 Å². The summed E-state index contributed by atoms with van der Waals surface area (Å²) in [6, 6.07) is 7.06. The summed E-state index contributed by atoms with van der Waals surface area (Å²) in [4.78, 5) is 17.7. The van der Waals surface area contributed by atoms with Gasteiger partial charge in [-0.1, -0.05) is 17.7 Å². The number of fused-ring (bicyclic) bond motifs is 1. The Morgan fingerprint density at radius 2 is 1.94 bits per heavy atom. The number of nitrogens with zero attached hydrogens (tertiary/aromatic N) is 3. The van der Waals surface area contributed by atoms with Gasteiger partial charge in [-0.25, -0.2) is 13.4 Å². The van der Waals surface area contributed by atoms with Crippen molar-refractivity contribution in [3.63, 3.8) is 0 Å². The third-order valence-corrected chi connectivity index (χ3v) is 8.41. The van der Waals surface area contributed by atoms with Crippen LogP contribution in [-0.4, -0.2) is 34.7 Å². The SMILES string of the molecule is Cc1cc([C@@H](C)Nc2ccc(Cl)nc2C)c2oc(-c3cnn(C4CS(=O)(=O)C4)c3)c(C)c(=O)c2c1. The Labute approximate surface area is 207 Å². The second-order valence-electron chi connectivity index (χ2n) is 9.19. The van der Waals surface area contributed by atoms with Crippen LogP contribution >= 0.6 is 11.6 Å². The van der Waals surface area contributed by atoms with Crippen molar-refractivity contribution >= 4 is 38.1 Å². The van der Waals surface area contributed by atoms with Crippen molar-refractivity contribution in [1.82, 2.24) is 14.8 Å². The minimum absolute atomic E-state index is 0.0698. The van der Waals surface area contributed by atoms with E-state index in [1.54, 1.807) is 30.1 Å². The molecule has 3 aromatic heterocycles. The van der Waals surface area contributed by atoms with Crippen molar-refractivity contribution in [1.29, 1.82) is 0 Å². The van der Waals surface area contributed by atoms with Crippen LogP contribution in [0.5, 0.6) is 0 Å². The molecule has 4 heterocycles. The second-order valence-corrected chi connectivity index (χ2v) is 11.7. The van der Waals surface area contributed by atoms with Gasteiger partial charge in [0.2, 0.25) is 0 Å². The molecule has 182 valence electrons. The summed E-state index contributed by atoms with van der Waals surface area (Å²) in [5.74, 6) is 0.568. The van der Waals surface area contributed by atoms with Crippen molar-refractivity contribution < 1.29 is 12.8 Å². The van der Waals surface area contributed by atoms with Gasteiger partial charge in [0.1, 0.15) is 16.5 Å². The Balaban J connectivity index is 1.58. The quantitative estimate of drug-likeness (QED) is 0.384. The van der Waals surface area contributed by atoms with Crippen LogP contribution < -0.4 is 10.7 Å². The highest BCUT2D eigenvalue weighted by atomic mass is 35.5. The zero-order valence-corrected chi connectivity index (χ0v) is 21.4. The van der Waals surface area contributed by atoms with E-state index in [1.807, 2.05) is 39.0 Å². The molecule has 0 spiro atoms. The van der Waals surface area contributed by atoms with Gasteiger partial charge in [0.15, 0.2) is 15.3 Å². The molecule has 1 fully saturated rings. The molecule has 1 atom stereocenters. The molecule has 5 rings (SSSR count). The zero-order valence-electron chi connectivity index (χ0n) is 19.8. The maximum atomic E-state index is 13.4. The lowest BCUT2D eigenvalue weighted by Gasteiger charge is -2.25. The van der Waals surface area contributed by atoms with Gasteiger partial charge in [-0.15, -0.1) is 0 Å². The van der Waals surface area contributed by atoms with E-state index in [0.29, 0.717) is 33.0 Å². The van der Waals surface area contributed by atoms with E-state index in [1.165, 1.54) is 0 Å². The zero-order chi connectivity index (χ0) is 25.1. The lowest BCUT2D eigenvalue weighted by atomic mass is 9.99. The average molecular weight is 513 g/mol. The fraction of sp³-hybridized carbons (Fsp3) is 0.320. The maximum absolute atomic E-state index is 13.4. The Bertz CT molecular complexity index is 1630. The van der Waals surface area contributed by atoms with E-state index in [9.17, 15) is 13.2 Å². The first kappa shape index (κ1) is 23.6. The molecule has 1 N–H and O–H groups in total. The van der Waals surface area contributed by atoms with E-state index in [2.05, 4.69) is 15.4 Å². The predicted octanol–water partition coefficient (Wildman–Crippen LogP) is 4.77. The molecule has 1 aliphatic rings. The third kappa shape index (κ3) is 4.34. The molecule has 0 saturated carbocycles. The average Bonchev–Trinajstić information content (AvgIpc) is 3.26. The number of nitrogens with one attached hydrogen (secondary N) is 1. The molecular weight excluding hydrogens is 488 g/mol. The van der Waals surface area contributed by atoms with Gasteiger partial charge in [-0.05, 0) is 51.5 Å². The molecule has 8 nitrogen and oxygen atoms in total. The van der Waals surface area contributed by atoms with Gasteiger partial charge < -0.3 is 9.73 Å². The summed E-state index contributed by atoms with van der Waals surface area (Å²) in [5, 5.41) is 8.72. The Hall–Kier alpha value is -3.17. The summed E-state index contributed by atoms with van der Waals surface area (Å²) < 4.78 is 31.2. The van der Waals surface area contributed by atoms with Gasteiger partial charge >= 0.3 is 0 Å². The largest absolute Gasteiger partial charge is 0.455 e. The summed E-state index contributed by atoms with van der Waals surface area (Å²) in [5.41, 5.74) is 4.90. The van der Waals surface area contributed by atoms with Crippen LogP contribution in [0.2, 0.25) is 5.15 Å².